The zero-order chi connectivity index (χ0) is 12.2. The second-order valence-electron chi connectivity index (χ2n) is 3.48. The fourth-order valence-corrected chi connectivity index (χ4v) is 1.60. The second kappa shape index (κ2) is 5.13. The number of nitrogens with one attached hydrogen (secondary N) is 2. The number of nitrogen functional groups attached to an aromatic ring is 1. The lowest BCUT2D eigenvalue weighted by Crippen LogP contribution is -2.28. The molecule has 90 valence electrons. The first-order valence-electron chi connectivity index (χ1n) is 4.80. The van der Waals surface area contributed by atoms with Crippen molar-refractivity contribution in [2.24, 2.45) is 0 Å². The van der Waals surface area contributed by atoms with Crippen LogP contribution < -0.4 is 15.8 Å². The van der Waals surface area contributed by atoms with E-state index in [1.54, 1.807) is 6.20 Å². The summed E-state index contributed by atoms with van der Waals surface area (Å²) in [6.45, 7) is 2.62. The molecule has 0 saturated heterocycles. The molecule has 0 fully saturated rings. The third-order valence-electron chi connectivity index (χ3n) is 1.99. The molecule has 0 radical (unpaired) electrons. The molecule has 0 unspecified atom stereocenters. The molecule has 16 heavy (non-hydrogen) atoms. The van der Waals surface area contributed by atoms with E-state index in [1.165, 1.54) is 0 Å². The van der Waals surface area contributed by atoms with Crippen molar-refractivity contribution >= 4 is 21.5 Å². The maximum Gasteiger partial charge on any atom is 0.208 e. The van der Waals surface area contributed by atoms with Gasteiger partial charge in [0.25, 0.3) is 0 Å². The first-order chi connectivity index (χ1) is 7.40. The Balaban J connectivity index is 2.47. The number of sulfonamides is 1. The molecule has 1 heterocycles. The van der Waals surface area contributed by atoms with Gasteiger partial charge in [-0.15, -0.1) is 0 Å². The van der Waals surface area contributed by atoms with Crippen molar-refractivity contribution in [3.05, 3.63) is 17.8 Å². The normalized spacial score (nSPS) is 11.4. The van der Waals surface area contributed by atoms with Crippen molar-refractivity contribution in [1.29, 1.82) is 0 Å². The highest BCUT2D eigenvalue weighted by Gasteiger charge is 2.03. The molecule has 1 rings (SSSR count). The highest BCUT2D eigenvalue weighted by molar-refractivity contribution is 7.88. The molecule has 0 bridgehead atoms. The van der Waals surface area contributed by atoms with Crippen molar-refractivity contribution in [2.75, 3.05) is 30.4 Å². The van der Waals surface area contributed by atoms with E-state index >= 15 is 0 Å². The molecule has 0 aromatic carbocycles. The van der Waals surface area contributed by atoms with Gasteiger partial charge in [-0.3, -0.25) is 0 Å². The molecule has 0 atom stereocenters. The van der Waals surface area contributed by atoms with E-state index in [0.717, 1.165) is 11.8 Å². The van der Waals surface area contributed by atoms with E-state index < -0.39 is 10.0 Å². The summed E-state index contributed by atoms with van der Waals surface area (Å²) < 4.78 is 23.9. The summed E-state index contributed by atoms with van der Waals surface area (Å²) in [4.78, 5) is 4.06. The topological polar surface area (TPSA) is 97.1 Å². The van der Waals surface area contributed by atoms with Gasteiger partial charge in [0.2, 0.25) is 10.0 Å². The van der Waals surface area contributed by atoms with Gasteiger partial charge in [-0.2, -0.15) is 0 Å². The standard InChI is InChI=1S/C9H16N4O2S/c1-7-3-4-11-9(8(7)10)12-5-6-13-16(2,14)15/h3-4,13H,5-6,10H2,1-2H3,(H,11,12). The van der Waals surface area contributed by atoms with Crippen LogP contribution in [0.4, 0.5) is 11.5 Å². The fraction of sp³-hybridized carbons (Fsp3) is 0.444. The molecule has 1 aromatic rings. The van der Waals surface area contributed by atoms with Crippen LogP contribution in [-0.4, -0.2) is 32.7 Å². The Kier molecular flexibility index (Phi) is 4.08. The smallest absolute Gasteiger partial charge is 0.208 e. The van der Waals surface area contributed by atoms with E-state index in [9.17, 15) is 8.42 Å². The molecule has 0 aliphatic carbocycles. The van der Waals surface area contributed by atoms with Crippen LogP contribution in [-0.2, 0) is 10.0 Å². The minimum Gasteiger partial charge on any atom is -0.396 e. The van der Waals surface area contributed by atoms with Gasteiger partial charge in [-0.05, 0) is 18.6 Å². The Bertz CT molecular complexity index is 459. The molecule has 0 aliphatic heterocycles. The lowest BCUT2D eigenvalue weighted by molar-refractivity contribution is 0.589. The van der Waals surface area contributed by atoms with E-state index in [2.05, 4.69) is 15.0 Å². The monoisotopic (exact) mass is 244 g/mol. The van der Waals surface area contributed by atoms with Crippen LogP contribution in [0.3, 0.4) is 0 Å². The van der Waals surface area contributed by atoms with Crippen molar-refractivity contribution < 1.29 is 8.42 Å². The zero-order valence-corrected chi connectivity index (χ0v) is 10.1. The Morgan fingerprint density at radius 3 is 2.75 bits per heavy atom. The van der Waals surface area contributed by atoms with Crippen molar-refractivity contribution in [1.82, 2.24) is 9.71 Å². The van der Waals surface area contributed by atoms with E-state index in [1.807, 2.05) is 13.0 Å². The number of nitrogens with zero attached hydrogens (tertiary/aromatic N) is 1. The van der Waals surface area contributed by atoms with Gasteiger partial charge >= 0.3 is 0 Å². The number of aromatic nitrogens is 1. The number of pyridine rings is 1. The highest BCUT2D eigenvalue weighted by Crippen LogP contribution is 2.17. The van der Waals surface area contributed by atoms with Crippen molar-refractivity contribution in [2.45, 2.75) is 6.92 Å². The molecule has 0 spiro atoms. The SMILES string of the molecule is Cc1ccnc(NCCNS(C)(=O)=O)c1N. The van der Waals surface area contributed by atoms with Gasteiger partial charge in [-0.1, -0.05) is 0 Å². The van der Waals surface area contributed by atoms with Crippen LogP contribution in [0, 0.1) is 6.92 Å². The summed E-state index contributed by atoms with van der Waals surface area (Å²) in [6.07, 6.45) is 2.77. The van der Waals surface area contributed by atoms with Crippen LogP contribution in [0.25, 0.3) is 0 Å². The number of rotatable bonds is 5. The molecular weight excluding hydrogens is 228 g/mol. The molecule has 0 aliphatic rings. The number of hydrogen-bond donors (Lipinski definition) is 3. The minimum atomic E-state index is -3.14. The van der Waals surface area contributed by atoms with Crippen LogP contribution in [0.5, 0.6) is 0 Å². The van der Waals surface area contributed by atoms with E-state index in [4.69, 9.17) is 5.73 Å². The molecule has 1 aromatic heterocycles. The Morgan fingerprint density at radius 2 is 2.12 bits per heavy atom. The predicted octanol–water partition coefficient (Wildman–Crippen LogP) is -0.0667. The molecule has 7 heteroatoms. The summed E-state index contributed by atoms with van der Waals surface area (Å²) in [6, 6.07) is 1.81. The van der Waals surface area contributed by atoms with Gasteiger partial charge in [0, 0.05) is 19.3 Å². The first-order valence-corrected chi connectivity index (χ1v) is 6.69. The van der Waals surface area contributed by atoms with Crippen molar-refractivity contribution in [3.63, 3.8) is 0 Å². The number of aryl methyl sites for hydroxylation is 1. The van der Waals surface area contributed by atoms with Crippen LogP contribution >= 0.6 is 0 Å². The van der Waals surface area contributed by atoms with Gasteiger partial charge in [0.05, 0.1) is 11.9 Å². The Labute approximate surface area is 95.3 Å². The molecular formula is C9H16N4O2S. The van der Waals surface area contributed by atoms with E-state index in [-0.39, 0.29) is 0 Å². The quantitative estimate of drug-likeness (QED) is 0.630. The summed E-state index contributed by atoms with van der Waals surface area (Å²) >= 11 is 0. The molecule has 0 saturated carbocycles. The number of anilines is 2. The number of nitrogens with two attached hydrogens (primary N) is 1. The summed E-state index contributed by atoms with van der Waals surface area (Å²) in [7, 11) is -3.14. The maximum absolute atomic E-state index is 10.8. The summed E-state index contributed by atoms with van der Waals surface area (Å²) in [5.74, 6) is 0.579. The van der Waals surface area contributed by atoms with Gasteiger partial charge < -0.3 is 11.1 Å². The summed E-state index contributed by atoms with van der Waals surface area (Å²) in [5.41, 5.74) is 7.31. The van der Waals surface area contributed by atoms with Crippen LogP contribution in [0.1, 0.15) is 5.56 Å². The highest BCUT2D eigenvalue weighted by atomic mass is 32.2. The Morgan fingerprint density at radius 1 is 1.44 bits per heavy atom. The zero-order valence-electron chi connectivity index (χ0n) is 9.32. The molecule has 0 amide bonds. The average Bonchev–Trinajstić information content (AvgIpc) is 2.17. The molecule has 4 N–H and O–H groups in total. The molecule has 6 nitrogen and oxygen atoms in total. The van der Waals surface area contributed by atoms with Gasteiger partial charge in [0.15, 0.2) is 0 Å². The number of hydrogen-bond acceptors (Lipinski definition) is 5. The minimum absolute atomic E-state index is 0.299. The van der Waals surface area contributed by atoms with E-state index in [0.29, 0.717) is 24.6 Å². The van der Waals surface area contributed by atoms with Gasteiger partial charge in [0.1, 0.15) is 5.82 Å². The summed E-state index contributed by atoms with van der Waals surface area (Å²) in [5, 5.41) is 2.96. The Hall–Kier alpha value is -1.34. The van der Waals surface area contributed by atoms with Gasteiger partial charge in [-0.25, -0.2) is 18.1 Å². The van der Waals surface area contributed by atoms with Crippen molar-refractivity contribution in [3.8, 4) is 0 Å². The first kappa shape index (κ1) is 12.7. The van der Waals surface area contributed by atoms with Crippen LogP contribution in [0.15, 0.2) is 12.3 Å². The van der Waals surface area contributed by atoms with Crippen LogP contribution in [0.2, 0.25) is 0 Å². The third-order valence-corrected chi connectivity index (χ3v) is 2.72. The lowest BCUT2D eigenvalue weighted by Gasteiger charge is -2.09. The lowest BCUT2D eigenvalue weighted by atomic mass is 10.2. The third kappa shape index (κ3) is 4.03. The fourth-order valence-electron chi connectivity index (χ4n) is 1.13. The largest absolute Gasteiger partial charge is 0.396 e. The predicted molar refractivity (Wildman–Crippen MR) is 64.7 cm³/mol. The maximum atomic E-state index is 10.8. The average molecular weight is 244 g/mol. The second-order valence-corrected chi connectivity index (χ2v) is 5.32.